The Labute approximate surface area is 184 Å². The summed E-state index contributed by atoms with van der Waals surface area (Å²) in [5.41, 5.74) is 2.63. The molecule has 0 spiro atoms. The van der Waals surface area contributed by atoms with Crippen LogP contribution in [-0.4, -0.2) is 54.6 Å². The highest BCUT2D eigenvalue weighted by molar-refractivity contribution is 7.13. The number of thiazole rings is 1. The van der Waals surface area contributed by atoms with Crippen molar-refractivity contribution in [2.75, 3.05) is 43.0 Å². The molecule has 0 unspecified atom stereocenters. The number of aromatic nitrogens is 1. The van der Waals surface area contributed by atoms with Gasteiger partial charge in [0.2, 0.25) is 0 Å². The number of benzene rings is 1. The second-order valence-corrected chi connectivity index (χ2v) is 9.04. The van der Waals surface area contributed by atoms with E-state index in [0.717, 1.165) is 55.4 Å². The van der Waals surface area contributed by atoms with E-state index in [-0.39, 0.29) is 5.91 Å². The summed E-state index contributed by atoms with van der Waals surface area (Å²) in [5.74, 6) is 0.595. The minimum absolute atomic E-state index is 0.119. The summed E-state index contributed by atoms with van der Waals surface area (Å²) in [6, 6.07) is 6.66. The summed E-state index contributed by atoms with van der Waals surface area (Å²) in [7, 11) is 0. The molecule has 2 aromatic rings. The van der Waals surface area contributed by atoms with Crippen LogP contribution in [0.15, 0.2) is 18.2 Å². The number of hydrogen-bond acceptors (Lipinski definition) is 6. The zero-order valence-electron chi connectivity index (χ0n) is 18.8. The van der Waals surface area contributed by atoms with Gasteiger partial charge < -0.3 is 15.0 Å². The molecule has 1 aliphatic rings. The first-order valence-electron chi connectivity index (χ1n) is 11.0. The van der Waals surface area contributed by atoms with Crippen LogP contribution in [0.25, 0.3) is 0 Å². The summed E-state index contributed by atoms with van der Waals surface area (Å²) in [5, 5.41) is 4.05. The fourth-order valence-corrected chi connectivity index (χ4v) is 4.81. The molecule has 1 N–H and O–H groups in total. The number of anilines is 2. The van der Waals surface area contributed by atoms with Crippen LogP contribution < -0.4 is 15.0 Å². The van der Waals surface area contributed by atoms with Gasteiger partial charge in [0, 0.05) is 44.0 Å². The number of carbonyl (C=O) groups excluding carboxylic acids is 1. The standard InChI is InChI=1S/C23H34N4O2S/c1-6-8-21-24-17(5)22(30-21)23(28)25-19-10-9-18(15-20(19)29-7-2)27-13-11-26(12-14-27)16(3)4/h9-10,15-16H,6-8,11-14H2,1-5H3,(H,25,28). The van der Waals surface area contributed by atoms with Crippen molar-refractivity contribution in [2.24, 2.45) is 0 Å². The topological polar surface area (TPSA) is 57.7 Å². The van der Waals surface area contributed by atoms with Crippen LogP contribution in [0.1, 0.15) is 54.5 Å². The molecule has 0 atom stereocenters. The predicted octanol–water partition coefficient (Wildman–Crippen LogP) is 4.59. The third-order valence-corrected chi connectivity index (χ3v) is 6.65. The first kappa shape index (κ1) is 22.6. The van der Waals surface area contributed by atoms with Crippen LogP contribution in [0.4, 0.5) is 11.4 Å². The molecule has 0 bridgehead atoms. The molecule has 6 nitrogen and oxygen atoms in total. The average molecular weight is 431 g/mol. The van der Waals surface area contributed by atoms with Crippen LogP contribution in [0.5, 0.6) is 5.75 Å². The van der Waals surface area contributed by atoms with Gasteiger partial charge in [-0.05, 0) is 52.7 Å². The Morgan fingerprint density at radius 2 is 1.97 bits per heavy atom. The van der Waals surface area contributed by atoms with Crippen molar-refractivity contribution in [3.8, 4) is 5.75 Å². The number of nitrogens with one attached hydrogen (secondary N) is 1. The van der Waals surface area contributed by atoms with E-state index in [9.17, 15) is 4.79 Å². The monoisotopic (exact) mass is 430 g/mol. The zero-order valence-corrected chi connectivity index (χ0v) is 19.6. The molecule has 0 aliphatic carbocycles. The maximum Gasteiger partial charge on any atom is 0.267 e. The molecule has 30 heavy (non-hydrogen) atoms. The van der Waals surface area contributed by atoms with Crippen molar-refractivity contribution in [2.45, 2.75) is 53.5 Å². The molecule has 164 valence electrons. The third kappa shape index (κ3) is 5.32. The maximum atomic E-state index is 12.9. The molecule has 3 rings (SSSR count). The van der Waals surface area contributed by atoms with Gasteiger partial charge >= 0.3 is 0 Å². The summed E-state index contributed by atoms with van der Waals surface area (Å²) in [4.78, 5) is 23.0. The lowest BCUT2D eigenvalue weighted by atomic mass is 10.2. The van der Waals surface area contributed by atoms with Gasteiger partial charge in [0.25, 0.3) is 5.91 Å². The van der Waals surface area contributed by atoms with E-state index < -0.39 is 0 Å². The Bertz CT molecular complexity index is 857. The Kier molecular flexibility index (Phi) is 7.72. The highest BCUT2D eigenvalue weighted by Crippen LogP contribution is 2.32. The average Bonchev–Trinajstić information content (AvgIpc) is 3.10. The van der Waals surface area contributed by atoms with Crippen LogP contribution in [0.3, 0.4) is 0 Å². The lowest BCUT2D eigenvalue weighted by Crippen LogP contribution is -2.48. The van der Waals surface area contributed by atoms with E-state index in [1.54, 1.807) is 0 Å². The number of amides is 1. The fourth-order valence-electron chi connectivity index (χ4n) is 3.75. The highest BCUT2D eigenvalue weighted by atomic mass is 32.1. The molecule has 1 aromatic carbocycles. The molecule has 0 saturated carbocycles. The summed E-state index contributed by atoms with van der Waals surface area (Å²) >= 11 is 1.48. The molecular formula is C23H34N4O2S. The second-order valence-electron chi connectivity index (χ2n) is 7.96. The SMILES string of the molecule is CCCc1nc(C)c(C(=O)Nc2ccc(N3CCN(C(C)C)CC3)cc2OCC)s1. The largest absolute Gasteiger partial charge is 0.492 e. The second kappa shape index (κ2) is 10.3. The molecule has 1 aliphatic heterocycles. The maximum absolute atomic E-state index is 12.9. The van der Waals surface area contributed by atoms with E-state index >= 15 is 0 Å². The molecule has 0 radical (unpaired) electrons. The van der Waals surface area contributed by atoms with Crippen molar-refractivity contribution >= 4 is 28.6 Å². The van der Waals surface area contributed by atoms with Crippen molar-refractivity contribution in [1.29, 1.82) is 0 Å². The summed E-state index contributed by atoms with van der Waals surface area (Å²) in [6.07, 6.45) is 1.93. The van der Waals surface area contributed by atoms with Crippen molar-refractivity contribution in [1.82, 2.24) is 9.88 Å². The van der Waals surface area contributed by atoms with Crippen LogP contribution in [-0.2, 0) is 6.42 Å². The number of nitrogens with zero attached hydrogens (tertiary/aromatic N) is 3. The lowest BCUT2D eigenvalue weighted by molar-refractivity contribution is 0.102. The van der Waals surface area contributed by atoms with Gasteiger partial charge in [-0.1, -0.05) is 6.92 Å². The van der Waals surface area contributed by atoms with E-state index in [4.69, 9.17) is 4.74 Å². The number of carbonyl (C=O) groups is 1. The smallest absolute Gasteiger partial charge is 0.267 e. The molecule has 1 amide bonds. The van der Waals surface area contributed by atoms with Crippen LogP contribution in [0, 0.1) is 6.92 Å². The van der Waals surface area contributed by atoms with Crippen molar-refractivity contribution < 1.29 is 9.53 Å². The first-order valence-corrected chi connectivity index (χ1v) is 11.8. The number of piperazine rings is 1. The van der Waals surface area contributed by atoms with Crippen LogP contribution >= 0.6 is 11.3 Å². The van der Waals surface area contributed by atoms with Gasteiger partial charge in [0.1, 0.15) is 10.6 Å². The van der Waals surface area contributed by atoms with Gasteiger partial charge in [0.15, 0.2) is 0 Å². The molecular weight excluding hydrogens is 396 g/mol. The normalized spacial score (nSPS) is 14.9. The van der Waals surface area contributed by atoms with E-state index in [1.807, 2.05) is 26.0 Å². The zero-order chi connectivity index (χ0) is 21.7. The van der Waals surface area contributed by atoms with Gasteiger partial charge in [-0.3, -0.25) is 9.69 Å². The number of rotatable bonds is 8. The summed E-state index contributed by atoms with van der Waals surface area (Å²) < 4.78 is 5.87. The quantitative estimate of drug-likeness (QED) is 0.664. The lowest BCUT2D eigenvalue weighted by Gasteiger charge is -2.38. The molecule has 7 heteroatoms. The minimum Gasteiger partial charge on any atom is -0.492 e. The van der Waals surface area contributed by atoms with Gasteiger partial charge in [0.05, 0.1) is 23.0 Å². The van der Waals surface area contributed by atoms with E-state index in [1.165, 1.54) is 11.3 Å². The van der Waals surface area contributed by atoms with E-state index in [0.29, 0.717) is 29.0 Å². The van der Waals surface area contributed by atoms with Crippen molar-refractivity contribution in [3.05, 3.63) is 33.8 Å². The Morgan fingerprint density at radius 3 is 2.60 bits per heavy atom. The van der Waals surface area contributed by atoms with Crippen molar-refractivity contribution in [3.63, 3.8) is 0 Å². The molecule has 1 saturated heterocycles. The molecule has 1 fully saturated rings. The Morgan fingerprint density at radius 1 is 1.23 bits per heavy atom. The molecule has 2 heterocycles. The highest BCUT2D eigenvalue weighted by Gasteiger charge is 2.21. The van der Waals surface area contributed by atoms with Crippen LogP contribution in [0.2, 0.25) is 0 Å². The molecule has 1 aromatic heterocycles. The van der Waals surface area contributed by atoms with E-state index in [2.05, 4.69) is 46.9 Å². The minimum atomic E-state index is -0.119. The van der Waals surface area contributed by atoms with Gasteiger partial charge in [-0.15, -0.1) is 11.3 Å². The number of hydrogen-bond donors (Lipinski definition) is 1. The Balaban J connectivity index is 1.74. The third-order valence-electron chi connectivity index (χ3n) is 5.43. The van der Waals surface area contributed by atoms with Gasteiger partial charge in [-0.25, -0.2) is 4.98 Å². The number of ether oxygens (including phenoxy) is 1. The first-order chi connectivity index (χ1) is 14.4. The Hall–Kier alpha value is -2.12. The van der Waals surface area contributed by atoms with Gasteiger partial charge in [-0.2, -0.15) is 0 Å². The predicted molar refractivity (Wildman–Crippen MR) is 125 cm³/mol. The number of aryl methyl sites for hydroxylation is 2. The fraction of sp³-hybridized carbons (Fsp3) is 0.565. The summed E-state index contributed by atoms with van der Waals surface area (Å²) in [6.45, 7) is 15.1.